The van der Waals surface area contributed by atoms with Crippen LogP contribution in [0.25, 0.3) is 0 Å². The summed E-state index contributed by atoms with van der Waals surface area (Å²) in [5.74, 6) is 7.75. The van der Waals surface area contributed by atoms with Crippen molar-refractivity contribution in [3.63, 3.8) is 0 Å². The van der Waals surface area contributed by atoms with Gasteiger partial charge in [0.1, 0.15) is 0 Å². The van der Waals surface area contributed by atoms with Crippen molar-refractivity contribution < 1.29 is 0 Å². The molecule has 1 aliphatic heterocycles. The predicted molar refractivity (Wildman–Crippen MR) is 65.3 cm³/mol. The quantitative estimate of drug-likeness (QED) is 0.548. The Kier molecular flexibility index (Phi) is 4.74. The van der Waals surface area contributed by atoms with Crippen LogP contribution in [0.3, 0.4) is 0 Å². The van der Waals surface area contributed by atoms with E-state index in [-0.39, 0.29) is 0 Å². The average molecular weight is 216 g/mol. The van der Waals surface area contributed by atoms with Crippen molar-refractivity contribution in [3.8, 4) is 0 Å². The Hall–Kier alpha value is 0.270. The van der Waals surface area contributed by atoms with Gasteiger partial charge in [0.05, 0.1) is 0 Å². The topological polar surface area (TPSA) is 38.0 Å². The van der Waals surface area contributed by atoms with Crippen LogP contribution in [0, 0.1) is 5.92 Å². The third-order valence-electron chi connectivity index (χ3n) is 3.52. The van der Waals surface area contributed by atoms with Crippen LogP contribution in [0.5, 0.6) is 0 Å². The van der Waals surface area contributed by atoms with E-state index >= 15 is 0 Å². The number of nitrogens with two attached hydrogens (primary N) is 1. The monoisotopic (exact) mass is 216 g/mol. The number of thioether (sulfide) groups is 1. The van der Waals surface area contributed by atoms with Gasteiger partial charge in [-0.25, -0.2) is 0 Å². The first kappa shape index (κ1) is 12.3. The maximum absolute atomic E-state index is 5.68. The third kappa shape index (κ3) is 2.88. The summed E-state index contributed by atoms with van der Waals surface area (Å²) >= 11 is 2.09. The lowest BCUT2D eigenvalue weighted by atomic mass is 9.88. The van der Waals surface area contributed by atoms with Gasteiger partial charge in [0.15, 0.2) is 0 Å². The Morgan fingerprint density at radius 2 is 2.29 bits per heavy atom. The van der Waals surface area contributed by atoms with Gasteiger partial charge in [-0.3, -0.25) is 11.3 Å². The van der Waals surface area contributed by atoms with Gasteiger partial charge >= 0.3 is 0 Å². The second-order valence-electron chi connectivity index (χ2n) is 4.73. The summed E-state index contributed by atoms with van der Waals surface area (Å²) in [6.07, 6.45) is 5.11. The van der Waals surface area contributed by atoms with Crippen LogP contribution >= 0.6 is 11.8 Å². The molecule has 0 aromatic rings. The first-order chi connectivity index (χ1) is 6.62. The first-order valence-corrected chi connectivity index (χ1v) is 6.71. The molecule has 0 amide bonds. The highest BCUT2D eigenvalue weighted by Gasteiger charge is 2.37. The van der Waals surface area contributed by atoms with Crippen LogP contribution in [0.2, 0.25) is 0 Å². The van der Waals surface area contributed by atoms with E-state index in [1.54, 1.807) is 0 Å². The number of rotatable bonds is 5. The van der Waals surface area contributed by atoms with Gasteiger partial charge in [0, 0.05) is 10.8 Å². The largest absolute Gasteiger partial charge is 0.271 e. The number of nitrogens with one attached hydrogen (secondary N) is 1. The number of hydrogen-bond acceptors (Lipinski definition) is 3. The molecule has 0 aromatic heterocycles. The first-order valence-electron chi connectivity index (χ1n) is 5.72. The lowest BCUT2D eigenvalue weighted by Gasteiger charge is -2.34. The van der Waals surface area contributed by atoms with Crippen LogP contribution in [0.4, 0.5) is 0 Å². The maximum Gasteiger partial charge on any atom is 0.0357 e. The molecule has 0 bridgehead atoms. The van der Waals surface area contributed by atoms with E-state index in [2.05, 4.69) is 38.0 Å². The molecule has 14 heavy (non-hydrogen) atoms. The minimum atomic E-state index is 0.373. The van der Waals surface area contributed by atoms with Crippen molar-refractivity contribution >= 4 is 11.8 Å². The van der Waals surface area contributed by atoms with Gasteiger partial charge in [-0.1, -0.05) is 20.3 Å². The van der Waals surface area contributed by atoms with E-state index < -0.39 is 0 Å². The van der Waals surface area contributed by atoms with E-state index in [9.17, 15) is 0 Å². The zero-order valence-corrected chi connectivity index (χ0v) is 10.5. The van der Waals surface area contributed by atoms with Crippen molar-refractivity contribution in [3.05, 3.63) is 0 Å². The molecule has 3 N–H and O–H groups in total. The molecule has 1 aliphatic rings. The molecular formula is C11H24N2S. The molecule has 3 unspecified atom stereocenters. The summed E-state index contributed by atoms with van der Waals surface area (Å²) in [7, 11) is 0. The van der Waals surface area contributed by atoms with Crippen molar-refractivity contribution in [2.75, 3.05) is 5.75 Å². The van der Waals surface area contributed by atoms with Crippen LogP contribution in [-0.2, 0) is 0 Å². The number of hydrogen-bond donors (Lipinski definition) is 2. The van der Waals surface area contributed by atoms with Crippen LogP contribution < -0.4 is 11.3 Å². The lowest BCUT2D eigenvalue weighted by molar-refractivity contribution is 0.332. The fraction of sp³-hybridized carbons (Fsp3) is 1.00. The molecule has 0 spiro atoms. The Morgan fingerprint density at radius 1 is 1.57 bits per heavy atom. The zero-order chi connectivity index (χ0) is 10.6. The van der Waals surface area contributed by atoms with Gasteiger partial charge in [-0.2, -0.15) is 11.8 Å². The third-order valence-corrected chi connectivity index (χ3v) is 5.16. The van der Waals surface area contributed by atoms with Gasteiger partial charge < -0.3 is 0 Å². The molecular weight excluding hydrogens is 192 g/mol. The van der Waals surface area contributed by atoms with Gasteiger partial charge in [0.25, 0.3) is 0 Å². The number of hydrazine groups is 1. The molecule has 0 saturated carbocycles. The standard InChI is InChI=1S/C11H24N2S/c1-4-9(2)8-10(13-12)11(3)6-5-7-14-11/h9-10,13H,4-8,12H2,1-3H3. The molecule has 0 radical (unpaired) electrons. The summed E-state index contributed by atoms with van der Waals surface area (Å²) in [6, 6.07) is 0.477. The molecule has 3 heteroatoms. The highest BCUT2D eigenvalue weighted by Crippen LogP contribution is 2.42. The molecule has 0 aliphatic carbocycles. The van der Waals surface area contributed by atoms with Crippen molar-refractivity contribution in [2.45, 2.75) is 57.2 Å². The molecule has 3 atom stereocenters. The fourth-order valence-electron chi connectivity index (χ4n) is 2.14. The summed E-state index contributed by atoms with van der Waals surface area (Å²) in [4.78, 5) is 0. The lowest BCUT2D eigenvalue weighted by Crippen LogP contribution is -2.49. The minimum absolute atomic E-state index is 0.373. The summed E-state index contributed by atoms with van der Waals surface area (Å²) in [6.45, 7) is 6.92. The Morgan fingerprint density at radius 3 is 2.71 bits per heavy atom. The second kappa shape index (κ2) is 5.38. The van der Waals surface area contributed by atoms with E-state index in [1.807, 2.05) is 0 Å². The summed E-state index contributed by atoms with van der Waals surface area (Å²) in [5, 5.41) is 0. The molecule has 1 saturated heterocycles. The molecule has 1 fully saturated rings. The SMILES string of the molecule is CCC(C)CC(NN)C1(C)CCCS1. The van der Waals surface area contributed by atoms with E-state index in [0.717, 1.165) is 5.92 Å². The van der Waals surface area contributed by atoms with Crippen molar-refractivity contribution in [1.82, 2.24) is 5.43 Å². The maximum atomic E-state index is 5.68. The van der Waals surface area contributed by atoms with Crippen LogP contribution in [0.15, 0.2) is 0 Å². The van der Waals surface area contributed by atoms with Crippen molar-refractivity contribution in [1.29, 1.82) is 0 Å². The Labute approximate surface area is 92.4 Å². The van der Waals surface area contributed by atoms with Gasteiger partial charge in [-0.05, 0) is 37.9 Å². The molecule has 84 valence electrons. The molecule has 2 nitrogen and oxygen atoms in total. The molecule has 1 heterocycles. The van der Waals surface area contributed by atoms with Gasteiger partial charge in [-0.15, -0.1) is 0 Å². The fourth-order valence-corrected chi connectivity index (χ4v) is 3.55. The van der Waals surface area contributed by atoms with Crippen LogP contribution in [-0.4, -0.2) is 16.5 Å². The van der Waals surface area contributed by atoms with Crippen molar-refractivity contribution in [2.24, 2.45) is 11.8 Å². The summed E-state index contributed by atoms with van der Waals surface area (Å²) < 4.78 is 0.373. The normalized spacial score (nSPS) is 31.7. The zero-order valence-electron chi connectivity index (χ0n) is 9.68. The predicted octanol–water partition coefficient (Wildman–Crippen LogP) is 2.54. The Balaban J connectivity index is 2.51. The molecule has 1 rings (SSSR count). The van der Waals surface area contributed by atoms with E-state index in [4.69, 9.17) is 5.84 Å². The smallest absolute Gasteiger partial charge is 0.0357 e. The highest BCUT2D eigenvalue weighted by atomic mass is 32.2. The van der Waals surface area contributed by atoms with E-state index in [1.165, 1.54) is 31.4 Å². The Bertz CT molecular complexity index is 167. The second-order valence-corrected chi connectivity index (χ2v) is 6.36. The summed E-state index contributed by atoms with van der Waals surface area (Å²) in [5.41, 5.74) is 3.03. The van der Waals surface area contributed by atoms with Crippen LogP contribution in [0.1, 0.15) is 46.5 Å². The van der Waals surface area contributed by atoms with E-state index in [0.29, 0.717) is 10.8 Å². The minimum Gasteiger partial charge on any atom is -0.271 e. The molecule has 0 aromatic carbocycles. The highest BCUT2D eigenvalue weighted by molar-refractivity contribution is 8.00. The average Bonchev–Trinajstić information content (AvgIpc) is 2.62. The van der Waals surface area contributed by atoms with Gasteiger partial charge in [0.2, 0.25) is 0 Å².